The molecule has 0 aliphatic heterocycles. The molecule has 0 heterocycles. The van der Waals surface area contributed by atoms with Crippen molar-refractivity contribution in [1.29, 1.82) is 0 Å². The van der Waals surface area contributed by atoms with Crippen LogP contribution in [-0.4, -0.2) is 22.5 Å². The molecule has 1 rings (SSSR count). The van der Waals surface area contributed by atoms with Crippen LogP contribution in [0.25, 0.3) is 0 Å². The van der Waals surface area contributed by atoms with E-state index in [1.54, 1.807) is 19.9 Å². The molecule has 0 bridgehead atoms. The van der Waals surface area contributed by atoms with Crippen molar-refractivity contribution in [2.75, 3.05) is 0 Å². The Labute approximate surface area is 93.0 Å². The molecule has 0 fully saturated rings. The molecular weight excluding hydrogens is 210 g/mol. The van der Waals surface area contributed by atoms with E-state index in [0.717, 1.165) is 5.57 Å². The number of ketones is 1. The van der Waals surface area contributed by atoms with Gasteiger partial charge in [0.15, 0.2) is 6.29 Å². The van der Waals surface area contributed by atoms with E-state index in [-0.39, 0.29) is 6.29 Å². The van der Waals surface area contributed by atoms with Gasteiger partial charge in [0.05, 0.1) is 0 Å². The van der Waals surface area contributed by atoms with Crippen molar-refractivity contribution >= 4 is 12.1 Å². The van der Waals surface area contributed by atoms with Crippen molar-refractivity contribution < 1.29 is 14.5 Å². The summed E-state index contributed by atoms with van der Waals surface area (Å²) in [5.74, 6) is -1.75. The summed E-state index contributed by atoms with van der Waals surface area (Å²) in [5.41, 5.74) is -0.246. The molecule has 0 aromatic rings. The number of carbonyl (C=O) groups excluding carboxylic acids is 2. The average Bonchev–Trinajstić information content (AvgIpc) is 2.15. The van der Waals surface area contributed by atoms with Gasteiger partial charge in [-0.05, 0) is 25.5 Å². The molecule has 1 aliphatic carbocycles. The zero-order valence-corrected chi connectivity index (χ0v) is 9.39. The summed E-state index contributed by atoms with van der Waals surface area (Å²) in [7, 11) is 0. The maximum Gasteiger partial charge on any atom is 0.251 e. The van der Waals surface area contributed by atoms with Crippen molar-refractivity contribution in [2.24, 2.45) is 5.92 Å². The minimum absolute atomic E-state index is 0.151. The van der Waals surface area contributed by atoms with Gasteiger partial charge in [0.1, 0.15) is 5.92 Å². The molecule has 1 aliphatic rings. The van der Waals surface area contributed by atoms with Crippen molar-refractivity contribution in [3.05, 3.63) is 33.4 Å². The molecular formula is C11H13NO4. The fourth-order valence-electron chi connectivity index (χ4n) is 2.23. The molecule has 0 radical (unpaired) electrons. The minimum atomic E-state index is -1.53. The zero-order chi connectivity index (χ0) is 12.5. The molecule has 0 N–H and O–H groups in total. The average molecular weight is 223 g/mol. The van der Waals surface area contributed by atoms with Crippen LogP contribution in [0, 0.1) is 16.0 Å². The molecule has 0 saturated carbocycles. The van der Waals surface area contributed by atoms with Crippen LogP contribution >= 0.6 is 0 Å². The second kappa shape index (κ2) is 4.00. The third-order valence-corrected chi connectivity index (χ3v) is 2.81. The number of hydrogen-bond donors (Lipinski definition) is 0. The second-order valence-electron chi connectivity index (χ2n) is 4.21. The first-order valence-electron chi connectivity index (χ1n) is 4.84. The fraction of sp³-hybridized carbons (Fsp3) is 0.455. The van der Waals surface area contributed by atoms with Crippen LogP contribution in [0.4, 0.5) is 0 Å². The Morgan fingerprint density at radius 1 is 1.56 bits per heavy atom. The van der Waals surface area contributed by atoms with E-state index in [1.165, 1.54) is 13.0 Å². The minimum Gasteiger partial charge on any atom is -0.295 e. The van der Waals surface area contributed by atoms with Gasteiger partial charge in [-0.25, -0.2) is 0 Å². The molecule has 0 aromatic carbocycles. The second-order valence-corrected chi connectivity index (χ2v) is 4.21. The number of hydrogen-bond acceptors (Lipinski definition) is 4. The van der Waals surface area contributed by atoms with Crippen molar-refractivity contribution in [2.45, 2.75) is 26.3 Å². The smallest absolute Gasteiger partial charge is 0.251 e. The predicted molar refractivity (Wildman–Crippen MR) is 57.5 cm³/mol. The molecule has 2 unspecified atom stereocenters. The first-order valence-corrected chi connectivity index (χ1v) is 4.84. The summed E-state index contributed by atoms with van der Waals surface area (Å²) in [6, 6.07) is 0. The molecule has 5 heteroatoms. The number of carbonyl (C=O) groups is 2. The Morgan fingerprint density at radius 3 is 2.56 bits per heavy atom. The van der Waals surface area contributed by atoms with Gasteiger partial charge >= 0.3 is 0 Å². The normalized spacial score (nSPS) is 29.1. The highest BCUT2D eigenvalue weighted by atomic mass is 16.6. The van der Waals surface area contributed by atoms with E-state index in [4.69, 9.17) is 0 Å². The monoisotopic (exact) mass is 223 g/mol. The van der Waals surface area contributed by atoms with Crippen LogP contribution in [0.5, 0.6) is 0 Å². The maximum atomic E-state index is 11.5. The zero-order valence-electron chi connectivity index (χ0n) is 9.39. The summed E-state index contributed by atoms with van der Waals surface area (Å²) >= 11 is 0. The van der Waals surface area contributed by atoms with Gasteiger partial charge in [-0.3, -0.25) is 19.7 Å². The number of nitrogens with zero attached hydrogens (tertiary/aromatic N) is 1. The summed E-state index contributed by atoms with van der Waals surface area (Å²) in [6.45, 7) is 4.72. The van der Waals surface area contributed by atoms with Crippen LogP contribution in [0.2, 0.25) is 0 Å². The van der Waals surface area contributed by atoms with E-state index in [9.17, 15) is 19.7 Å². The van der Waals surface area contributed by atoms with Gasteiger partial charge in [0.25, 0.3) is 5.54 Å². The van der Waals surface area contributed by atoms with Gasteiger partial charge in [0.2, 0.25) is 5.78 Å². The summed E-state index contributed by atoms with van der Waals surface area (Å²) in [6.07, 6.45) is 3.27. The molecule has 0 spiro atoms. The van der Waals surface area contributed by atoms with Gasteiger partial charge in [-0.2, -0.15) is 0 Å². The highest BCUT2D eigenvalue weighted by Crippen LogP contribution is 2.35. The Bertz CT molecular complexity index is 422. The lowest BCUT2D eigenvalue weighted by molar-refractivity contribution is -0.556. The van der Waals surface area contributed by atoms with E-state index in [0.29, 0.717) is 5.57 Å². The molecule has 2 atom stereocenters. The van der Waals surface area contributed by atoms with Gasteiger partial charge in [-0.1, -0.05) is 11.6 Å². The van der Waals surface area contributed by atoms with Crippen LogP contribution in [0.3, 0.4) is 0 Å². The lowest BCUT2D eigenvalue weighted by atomic mass is 9.74. The van der Waals surface area contributed by atoms with Crippen LogP contribution in [0.15, 0.2) is 23.3 Å². The van der Waals surface area contributed by atoms with Gasteiger partial charge in [0, 0.05) is 11.8 Å². The largest absolute Gasteiger partial charge is 0.295 e. The van der Waals surface area contributed by atoms with Crippen LogP contribution in [-0.2, 0) is 9.59 Å². The standard InChI is InChI=1S/C11H13NO4/c1-7-4-8(2)10(9(14)6-13)11(3,5-7)12(15)16/h4-6,10H,1-3H3. The molecule has 16 heavy (non-hydrogen) atoms. The quantitative estimate of drug-likeness (QED) is 0.313. The van der Waals surface area contributed by atoms with Crippen LogP contribution in [0.1, 0.15) is 20.8 Å². The molecule has 0 amide bonds. The lowest BCUT2D eigenvalue weighted by Crippen LogP contribution is -2.47. The highest BCUT2D eigenvalue weighted by molar-refractivity contribution is 6.27. The van der Waals surface area contributed by atoms with Gasteiger partial charge < -0.3 is 0 Å². The van der Waals surface area contributed by atoms with E-state index < -0.39 is 22.2 Å². The Balaban J connectivity index is 3.33. The fourth-order valence-corrected chi connectivity index (χ4v) is 2.23. The Kier molecular flexibility index (Phi) is 3.07. The molecule has 5 nitrogen and oxygen atoms in total. The molecule has 0 saturated heterocycles. The topological polar surface area (TPSA) is 77.3 Å². The van der Waals surface area contributed by atoms with E-state index in [2.05, 4.69) is 0 Å². The lowest BCUT2D eigenvalue weighted by Gasteiger charge is -2.29. The SMILES string of the molecule is CC1=CC(C)([N+](=O)[O-])C(C(=O)C=O)C(C)=C1. The Morgan fingerprint density at radius 2 is 2.12 bits per heavy atom. The van der Waals surface area contributed by atoms with Crippen molar-refractivity contribution in [1.82, 2.24) is 0 Å². The van der Waals surface area contributed by atoms with E-state index in [1.807, 2.05) is 0 Å². The number of allylic oxidation sites excluding steroid dienone is 2. The molecule has 86 valence electrons. The summed E-state index contributed by atoms with van der Waals surface area (Å²) in [4.78, 5) is 32.5. The van der Waals surface area contributed by atoms with Crippen molar-refractivity contribution in [3.63, 3.8) is 0 Å². The highest BCUT2D eigenvalue weighted by Gasteiger charge is 2.50. The first kappa shape index (κ1) is 12.3. The van der Waals surface area contributed by atoms with Crippen LogP contribution < -0.4 is 0 Å². The van der Waals surface area contributed by atoms with Gasteiger partial charge in [-0.15, -0.1) is 0 Å². The number of aldehydes is 1. The third-order valence-electron chi connectivity index (χ3n) is 2.81. The number of nitro groups is 1. The predicted octanol–water partition coefficient (Wildman–Crippen LogP) is 1.31. The summed E-state index contributed by atoms with van der Waals surface area (Å²) < 4.78 is 0. The molecule has 0 aromatic heterocycles. The Hall–Kier alpha value is -1.78. The first-order chi connectivity index (χ1) is 7.32. The van der Waals surface area contributed by atoms with E-state index >= 15 is 0 Å². The maximum absolute atomic E-state index is 11.5. The van der Waals surface area contributed by atoms with Crippen molar-refractivity contribution in [3.8, 4) is 0 Å². The number of Topliss-reactive ketones (excluding diaryl/α,β-unsaturated/α-hetero) is 1. The number of rotatable bonds is 3. The summed E-state index contributed by atoms with van der Waals surface area (Å²) in [5, 5.41) is 11.1. The third kappa shape index (κ3) is 1.80.